The van der Waals surface area contributed by atoms with Crippen molar-refractivity contribution in [2.45, 2.75) is 11.9 Å². The third kappa shape index (κ3) is 2.07. The number of aliphatic hydroxyl groups excluding tert-OH is 1. The highest BCUT2D eigenvalue weighted by Crippen LogP contribution is 2.29. The fraction of sp³-hybridized carbons (Fsp3) is 0.231. The van der Waals surface area contributed by atoms with Gasteiger partial charge in [-0.1, -0.05) is 12.1 Å². The Morgan fingerprint density at radius 3 is 2.75 bits per heavy atom. The average Bonchev–Trinajstić information content (AvgIpc) is 2.87. The van der Waals surface area contributed by atoms with Crippen LogP contribution in [0.2, 0.25) is 0 Å². The van der Waals surface area contributed by atoms with Crippen LogP contribution in [0.15, 0.2) is 24.4 Å². The Labute approximate surface area is 113 Å². The fourth-order valence-electron chi connectivity index (χ4n) is 2.02. The summed E-state index contributed by atoms with van der Waals surface area (Å²) in [5, 5.41) is 29.2. The third-order valence-electron chi connectivity index (χ3n) is 3.17. The Morgan fingerprint density at radius 2 is 2.20 bits per heavy atom. The highest BCUT2D eigenvalue weighted by Gasteiger charge is 2.43. The Kier molecular flexibility index (Phi) is 3.58. The van der Waals surface area contributed by atoms with Gasteiger partial charge >= 0.3 is 5.97 Å². The Balaban J connectivity index is 2.55. The van der Waals surface area contributed by atoms with E-state index in [1.807, 2.05) is 0 Å². The lowest BCUT2D eigenvalue weighted by Crippen LogP contribution is -2.46. The number of aromatic nitrogens is 1. The van der Waals surface area contributed by atoms with Crippen molar-refractivity contribution in [3.8, 4) is 0 Å². The topological polar surface area (TPSA) is 120 Å². The Bertz CT molecular complexity index is 664. The first kappa shape index (κ1) is 14.2. The SMILES string of the molecule is COC(O)(c1ccc2c(C=O)c[nH]c2c1)C(O)C(=O)O. The minimum absolute atomic E-state index is 0.0571. The normalized spacial score (nSPS) is 15.8. The number of hydrogen-bond acceptors (Lipinski definition) is 5. The highest BCUT2D eigenvalue weighted by molar-refractivity contribution is 5.97. The average molecular weight is 279 g/mol. The minimum atomic E-state index is -2.38. The number of nitrogens with one attached hydrogen (secondary N) is 1. The van der Waals surface area contributed by atoms with Crippen molar-refractivity contribution in [1.29, 1.82) is 0 Å². The molecule has 7 nitrogen and oxygen atoms in total. The molecule has 0 saturated heterocycles. The number of benzene rings is 1. The number of aliphatic hydroxyl groups is 2. The first-order chi connectivity index (χ1) is 9.43. The van der Waals surface area contributed by atoms with Gasteiger partial charge in [-0.05, 0) is 6.07 Å². The molecule has 2 rings (SSSR count). The van der Waals surface area contributed by atoms with Gasteiger partial charge in [0, 0.05) is 35.3 Å². The van der Waals surface area contributed by atoms with E-state index in [2.05, 4.69) is 4.98 Å². The fourth-order valence-corrected chi connectivity index (χ4v) is 2.02. The van der Waals surface area contributed by atoms with Gasteiger partial charge in [0.05, 0.1) is 0 Å². The van der Waals surface area contributed by atoms with Crippen LogP contribution in [0.3, 0.4) is 0 Å². The van der Waals surface area contributed by atoms with Gasteiger partial charge in [0.25, 0.3) is 0 Å². The van der Waals surface area contributed by atoms with Crippen molar-refractivity contribution in [3.05, 3.63) is 35.5 Å². The predicted octanol–water partition coefficient (Wildman–Crippen LogP) is 0.217. The molecule has 1 heterocycles. The molecule has 1 aromatic heterocycles. The van der Waals surface area contributed by atoms with Crippen LogP contribution in [-0.2, 0) is 15.3 Å². The van der Waals surface area contributed by atoms with Gasteiger partial charge < -0.3 is 25.0 Å². The summed E-state index contributed by atoms with van der Waals surface area (Å²) < 4.78 is 4.77. The molecule has 0 fully saturated rings. The maximum absolute atomic E-state index is 10.8. The summed E-state index contributed by atoms with van der Waals surface area (Å²) in [7, 11) is 1.09. The molecule has 0 saturated carbocycles. The molecule has 2 unspecified atom stereocenters. The molecule has 0 amide bonds. The van der Waals surface area contributed by atoms with E-state index >= 15 is 0 Å². The van der Waals surface area contributed by atoms with Gasteiger partial charge in [-0.25, -0.2) is 4.79 Å². The standard InChI is InChI=1S/C13H13NO6/c1-20-13(19,11(16)12(17)18)8-2-3-9-7(6-15)5-14-10(9)4-8/h2-6,11,14,16,19H,1H3,(H,17,18). The molecule has 2 atom stereocenters. The molecule has 0 aliphatic carbocycles. The monoisotopic (exact) mass is 279 g/mol. The number of ether oxygens (including phenoxy) is 1. The maximum atomic E-state index is 10.8. The van der Waals surface area contributed by atoms with Crippen LogP contribution < -0.4 is 0 Å². The van der Waals surface area contributed by atoms with Gasteiger partial charge in [0.2, 0.25) is 11.9 Å². The number of carboxylic acids is 1. The van der Waals surface area contributed by atoms with Crippen LogP contribution in [0.1, 0.15) is 15.9 Å². The van der Waals surface area contributed by atoms with Gasteiger partial charge in [-0.3, -0.25) is 4.79 Å². The summed E-state index contributed by atoms with van der Waals surface area (Å²) in [6.07, 6.45) is 0.0130. The number of methoxy groups -OCH3 is 1. The van der Waals surface area contributed by atoms with Crippen LogP contribution in [0, 0.1) is 0 Å². The number of aldehydes is 1. The van der Waals surface area contributed by atoms with E-state index < -0.39 is 17.9 Å². The number of carbonyl (C=O) groups excluding carboxylic acids is 1. The van der Waals surface area contributed by atoms with Crippen molar-refractivity contribution in [1.82, 2.24) is 4.98 Å². The molecule has 106 valence electrons. The Hall–Kier alpha value is -2.22. The largest absolute Gasteiger partial charge is 0.479 e. The highest BCUT2D eigenvalue weighted by atomic mass is 16.6. The van der Waals surface area contributed by atoms with Crippen molar-refractivity contribution < 1.29 is 29.6 Å². The second-order valence-corrected chi connectivity index (χ2v) is 4.26. The van der Waals surface area contributed by atoms with Gasteiger partial charge in [0.1, 0.15) is 0 Å². The summed E-state index contributed by atoms with van der Waals surface area (Å²) in [6.45, 7) is 0. The smallest absolute Gasteiger partial charge is 0.338 e. The number of carbonyl (C=O) groups is 2. The number of H-pyrrole nitrogens is 1. The van der Waals surface area contributed by atoms with Crippen molar-refractivity contribution in [2.75, 3.05) is 7.11 Å². The number of aromatic amines is 1. The minimum Gasteiger partial charge on any atom is -0.479 e. The number of hydrogen-bond donors (Lipinski definition) is 4. The zero-order valence-corrected chi connectivity index (χ0v) is 10.5. The van der Waals surface area contributed by atoms with Crippen LogP contribution in [0.25, 0.3) is 10.9 Å². The Morgan fingerprint density at radius 1 is 1.50 bits per heavy atom. The van der Waals surface area contributed by atoms with Crippen molar-refractivity contribution in [3.63, 3.8) is 0 Å². The maximum Gasteiger partial charge on any atom is 0.338 e. The van der Waals surface area contributed by atoms with E-state index in [9.17, 15) is 19.8 Å². The zero-order valence-electron chi connectivity index (χ0n) is 10.5. The number of fused-ring (bicyclic) bond motifs is 1. The van der Waals surface area contributed by atoms with Crippen LogP contribution in [0.5, 0.6) is 0 Å². The van der Waals surface area contributed by atoms with Gasteiger partial charge in [0.15, 0.2) is 6.29 Å². The van der Waals surface area contributed by atoms with Crippen LogP contribution >= 0.6 is 0 Å². The molecule has 7 heteroatoms. The first-order valence-electron chi connectivity index (χ1n) is 5.69. The third-order valence-corrected chi connectivity index (χ3v) is 3.17. The summed E-state index contributed by atoms with van der Waals surface area (Å²) in [5.41, 5.74) is 1.01. The molecule has 0 aliphatic heterocycles. The van der Waals surface area contributed by atoms with E-state index in [1.54, 1.807) is 0 Å². The van der Waals surface area contributed by atoms with Crippen molar-refractivity contribution in [2.24, 2.45) is 0 Å². The van der Waals surface area contributed by atoms with E-state index in [0.717, 1.165) is 7.11 Å². The van der Waals surface area contributed by atoms with E-state index in [1.165, 1.54) is 24.4 Å². The van der Waals surface area contributed by atoms with E-state index in [-0.39, 0.29) is 5.56 Å². The molecule has 0 spiro atoms. The number of aliphatic carboxylic acids is 1. The van der Waals surface area contributed by atoms with Gasteiger partial charge in [-0.2, -0.15) is 0 Å². The summed E-state index contributed by atoms with van der Waals surface area (Å²) in [5.74, 6) is -4.00. The molecule has 4 N–H and O–H groups in total. The molecule has 0 bridgehead atoms. The summed E-state index contributed by atoms with van der Waals surface area (Å²) >= 11 is 0. The second kappa shape index (κ2) is 5.04. The molecule has 0 radical (unpaired) electrons. The zero-order chi connectivity index (χ0) is 14.9. The first-order valence-corrected chi connectivity index (χ1v) is 5.69. The molecule has 0 aliphatic rings. The van der Waals surface area contributed by atoms with Crippen LogP contribution in [-0.4, -0.2) is 45.8 Å². The molecule has 20 heavy (non-hydrogen) atoms. The van der Waals surface area contributed by atoms with Crippen molar-refractivity contribution >= 4 is 23.2 Å². The molecular weight excluding hydrogens is 266 g/mol. The molecule has 1 aromatic carbocycles. The van der Waals surface area contributed by atoms with E-state index in [4.69, 9.17) is 9.84 Å². The molecular formula is C13H13NO6. The summed E-state index contributed by atoms with van der Waals surface area (Å²) in [6, 6.07) is 4.33. The molecule has 2 aromatic rings. The second-order valence-electron chi connectivity index (χ2n) is 4.26. The quantitative estimate of drug-likeness (QED) is 0.459. The lowest BCUT2D eigenvalue weighted by atomic mass is 9.98. The number of rotatable bonds is 5. The lowest BCUT2D eigenvalue weighted by molar-refractivity contribution is -0.253. The van der Waals surface area contributed by atoms with Gasteiger partial charge in [-0.15, -0.1) is 0 Å². The predicted molar refractivity (Wildman–Crippen MR) is 68.2 cm³/mol. The summed E-state index contributed by atoms with van der Waals surface area (Å²) in [4.78, 5) is 24.5. The van der Waals surface area contributed by atoms with Crippen LogP contribution in [0.4, 0.5) is 0 Å². The van der Waals surface area contributed by atoms with E-state index in [0.29, 0.717) is 22.8 Å². The lowest BCUT2D eigenvalue weighted by Gasteiger charge is -2.29. The number of carboxylic acid groups (broad SMARTS) is 1.